The maximum atomic E-state index is 12.7. The fourth-order valence-electron chi connectivity index (χ4n) is 2.04. The predicted molar refractivity (Wildman–Crippen MR) is 89.3 cm³/mol. The van der Waals surface area contributed by atoms with Crippen molar-refractivity contribution in [2.24, 2.45) is 0 Å². The Morgan fingerprint density at radius 2 is 2.12 bits per heavy atom. The number of alkyl halides is 3. The third-order valence-electron chi connectivity index (χ3n) is 3.46. The minimum absolute atomic E-state index is 0.0194. The number of amides is 1. The second kappa shape index (κ2) is 7.19. The molecule has 26 heavy (non-hydrogen) atoms. The van der Waals surface area contributed by atoms with Gasteiger partial charge in [0.25, 0.3) is 5.69 Å². The molecule has 1 aliphatic carbocycles. The van der Waals surface area contributed by atoms with Gasteiger partial charge in [-0.15, -0.1) is 22.0 Å². The van der Waals surface area contributed by atoms with Crippen LogP contribution in [0.25, 0.3) is 0 Å². The Balaban J connectivity index is 1.64. The van der Waals surface area contributed by atoms with E-state index in [-0.39, 0.29) is 10.6 Å². The molecule has 138 valence electrons. The summed E-state index contributed by atoms with van der Waals surface area (Å²) in [6, 6.07) is 2.21. The number of hydrogen-bond donors (Lipinski definition) is 1. The highest BCUT2D eigenvalue weighted by atomic mass is 32.2. The summed E-state index contributed by atoms with van der Waals surface area (Å²) in [6.45, 7) is 0. The van der Waals surface area contributed by atoms with E-state index in [0.717, 1.165) is 41.7 Å². The van der Waals surface area contributed by atoms with Crippen molar-refractivity contribution in [3.63, 3.8) is 0 Å². The van der Waals surface area contributed by atoms with Crippen molar-refractivity contribution in [3.8, 4) is 0 Å². The Labute approximate surface area is 153 Å². The second-order valence-electron chi connectivity index (χ2n) is 5.49. The first-order valence-electron chi connectivity index (χ1n) is 7.35. The van der Waals surface area contributed by atoms with Crippen LogP contribution in [0.15, 0.2) is 23.1 Å². The Morgan fingerprint density at radius 1 is 1.38 bits per heavy atom. The van der Waals surface area contributed by atoms with Crippen molar-refractivity contribution >= 4 is 39.8 Å². The summed E-state index contributed by atoms with van der Waals surface area (Å²) < 4.78 is 38.0. The second-order valence-corrected chi connectivity index (χ2v) is 7.52. The van der Waals surface area contributed by atoms with Crippen LogP contribution in [0, 0.1) is 10.1 Å². The summed E-state index contributed by atoms with van der Waals surface area (Å²) >= 11 is 2.05. The van der Waals surface area contributed by atoms with Crippen LogP contribution in [0.4, 0.5) is 24.0 Å². The van der Waals surface area contributed by atoms with Gasteiger partial charge >= 0.3 is 6.18 Å². The average Bonchev–Trinajstić information content (AvgIpc) is 3.32. The lowest BCUT2D eigenvalue weighted by Crippen LogP contribution is -2.14. The highest BCUT2D eigenvalue weighted by molar-refractivity contribution is 8.00. The third-order valence-corrected chi connectivity index (χ3v) is 5.52. The molecule has 2 aromatic rings. The summed E-state index contributed by atoms with van der Waals surface area (Å²) in [4.78, 5) is 22.0. The molecule has 1 aromatic carbocycles. The molecular formula is C14H11F3N4O3S2. The van der Waals surface area contributed by atoms with E-state index in [4.69, 9.17) is 0 Å². The van der Waals surface area contributed by atoms with Crippen LogP contribution in [0.3, 0.4) is 0 Å². The summed E-state index contributed by atoms with van der Waals surface area (Å²) in [6.07, 6.45) is -2.57. The number of nitro groups is 1. The number of nitrogens with zero attached hydrogens (tertiary/aromatic N) is 3. The lowest BCUT2D eigenvalue weighted by Gasteiger charge is -2.08. The number of nitro benzene ring substituents is 1. The van der Waals surface area contributed by atoms with Crippen molar-refractivity contribution in [3.05, 3.63) is 38.9 Å². The molecule has 0 aliphatic heterocycles. The van der Waals surface area contributed by atoms with E-state index in [1.807, 2.05) is 0 Å². The van der Waals surface area contributed by atoms with Gasteiger partial charge in [-0.25, -0.2) is 0 Å². The first-order valence-corrected chi connectivity index (χ1v) is 9.16. The molecule has 0 saturated heterocycles. The number of hydrogen-bond acceptors (Lipinski definition) is 7. The van der Waals surface area contributed by atoms with E-state index < -0.39 is 28.3 Å². The number of anilines is 1. The summed E-state index contributed by atoms with van der Waals surface area (Å²) in [7, 11) is 0. The van der Waals surface area contributed by atoms with Crippen molar-refractivity contribution in [1.29, 1.82) is 0 Å². The standard InChI is InChI=1S/C14H11F3N4O3S2/c15-14(16,17)8-3-4-10(9(5-8)21(23)24)25-6-11(22)18-13-20-19-12(26-13)7-1-2-7/h3-5,7H,1-2,6H2,(H,18,20,22). The van der Waals surface area contributed by atoms with Gasteiger partial charge in [-0.3, -0.25) is 20.2 Å². The molecule has 1 heterocycles. The number of aromatic nitrogens is 2. The van der Waals surface area contributed by atoms with Gasteiger partial charge in [-0.1, -0.05) is 11.3 Å². The molecule has 0 unspecified atom stereocenters. The maximum Gasteiger partial charge on any atom is 0.416 e. The number of carbonyl (C=O) groups excluding carboxylic acids is 1. The Morgan fingerprint density at radius 3 is 2.73 bits per heavy atom. The van der Waals surface area contributed by atoms with Crippen LogP contribution in [0.5, 0.6) is 0 Å². The fourth-order valence-corrected chi connectivity index (χ4v) is 3.77. The zero-order valence-corrected chi connectivity index (χ0v) is 14.6. The molecule has 0 spiro atoms. The predicted octanol–water partition coefficient (Wildman–Crippen LogP) is 4.07. The fraction of sp³-hybridized carbons (Fsp3) is 0.357. The van der Waals surface area contributed by atoms with Gasteiger partial charge in [-0.05, 0) is 25.0 Å². The number of nitrogens with one attached hydrogen (secondary N) is 1. The first kappa shape index (κ1) is 18.6. The summed E-state index contributed by atoms with van der Waals surface area (Å²) in [5, 5.41) is 22.6. The lowest BCUT2D eigenvalue weighted by atomic mass is 10.2. The molecule has 1 saturated carbocycles. The van der Waals surface area contributed by atoms with Gasteiger partial charge < -0.3 is 0 Å². The largest absolute Gasteiger partial charge is 0.416 e. The lowest BCUT2D eigenvalue weighted by molar-refractivity contribution is -0.388. The van der Waals surface area contributed by atoms with Crippen LogP contribution in [0.2, 0.25) is 0 Å². The van der Waals surface area contributed by atoms with Crippen LogP contribution < -0.4 is 5.32 Å². The number of thioether (sulfide) groups is 1. The molecule has 0 bridgehead atoms. The van der Waals surface area contributed by atoms with E-state index in [9.17, 15) is 28.1 Å². The zero-order chi connectivity index (χ0) is 18.9. The number of halogens is 3. The minimum atomic E-state index is -4.68. The Kier molecular flexibility index (Phi) is 5.14. The first-order chi connectivity index (χ1) is 12.2. The molecule has 0 radical (unpaired) electrons. The molecule has 1 amide bonds. The molecule has 1 N–H and O–H groups in total. The molecule has 12 heteroatoms. The van der Waals surface area contributed by atoms with Crippen LogP contribution in [-0.2, 0) is 11.0 Å². The highest BCUT2D eigenvalue weighted by Crippen LogP contribution is 2.42. The van der Waals surface area contributed by atoms with Crippen molar-refractivity contribution in [1.82, 2.24) is 10.2 Å². The molecule has 1 aromatic heterocycles. The smallest absolute Gasteiger partial charge is 0.300 e. The summed E-state index contributed by atoms with van der Waals surface area (Å²) in [5.74, 6) is -0.269. The Bertz CT molecular complexity index is 852. The monoisotopic (exact) mass is 404 g/mol. The highest BCUT2D eigenvalue weighted by Gasteiger charge is 2.33. The molecule has 1 fully saturated rings. The van der Waals surface area contributed by atoms with Crippen LogP contribution in [0.1, 0.15) is 29.3 Å². The topological polar surface area (TPSA) is 98.0 Å². The van der Waals surface area contributed by atoms with E-state index in [0.29, 0.717) is 17.1 Å². The van der Waals surface area contributed by atoms with Gasteiger partial charge in [0, 0.05) is 12.0 Å². The van der Waals surface area contributed by atoms with E-state index in [1.165, 1.54) is 11.3 Å². The zero-order valence-electron chi connectivity index (χ0n) is 12.9. The van der Waals surface area contributed by atoms with E-state index in [2.05, 4.69) is 15.5 Å². The normalized spacial score (nSPS) is 14.3. The minimum Gasteiger partial charge on any atom is -0.300 e. The van der Waals surface area contributed by atoms with Gasteiger partial charge in [0.2, 0.25) is 11.0 Å². The Hall–Kier alpha value is -2.21. The summed E-state index contributed by atoms with van der Waals surface area (Å²) in [5.41, 5.74) is -1.80. The number of carbonyl (C=O) groups is 1. The van der Waals surface area contributed by atoms with Gasteiger partial charge in [-0.2, -0.15) is 13.2 Å². The average molecular weight is 404 g/mol. The van der Waals surface area contributed by atoms with E-state index >= 15 is 0 Å². The number of benzene rings is 1. The van der Waals surface area contributed by atoms with Crippen molar-refractivity contribution in [2.45, 2.75) is 29.8 Å². The van der Waals surface area contributed by atoms with Gasteiger partial charge in [0.05, 0.1) is 21.1 Å². The van der Waals surface area contributed by atoms with Crippen LogP contribution >= 0.6 is 23.1 Å². The SMILES string of the molecule is O=C(CSc1ccc(C(F)(F)F)cc1[N+](=O)[O-])Nc1nnc(C2CC2)s1. The van der Waals surface area contributed by atoms with Crippen molar-refractivity contribution in [2.75, 3.05) is 11.1 Å². The third kappa shape index (κ3) is 4.49. The van der Waals surface area contributed by atoms with Crippen molar-refractivity contribution < 1.29 is 22.9 Å². The van der Waals surface area contributed by atoms with Gasteiger partial charge in [0.1, 0.15) is 5.01 Å². The van der Waals surface area contributed by atoms with Gasteiger partial charge in [0.15, 0.2) is 0 Å². The molecule has 0 atom stereocenters. The number of rotatable bonds is 6. The molecule has 3 rings (SSSR count). The molecular weight excluding hydrogens is 393 g/mol. The molecule has 7 nitrogen and oxygen atoms in total. The van der Waals surface area contributed by atoms with E-state index in [1.54, 1.807) is 0 Å². The quantitative estimate of drug-likeness (QED) is 0.443. The molecule has 1 aliphatic rings. The maximum absolute atomic E-state index is 12.7. The van der Waals surface area contributed by atoms with Crippen LogP contribution in [-0.4, -0.2) is 26.8 Å².